The quantitative estimate of drug-likeness (QED) is 0.530. The maximum absolute atomic E-state index is 12.2. The summed E-state index contributed by atoms with van der Waals surface area (Å²) in [4.78, 5) is 17.0. The summed E-state index contributed by atoms with van der Waals surface area (Å²) in [6, 6.07) is 10.5. The Morgan fingerprint density at radius 3 is 2.15 bits per heavy atom. The van der Waals surface area contributed by atoms with Gasteiger partial charge < -0.3 is 4.90 Å². The van der Waals surface area contributed by atoms with E-state index >= 15 is 0 Å². The first kappa shape index (κ1) is 21.4. The minimum absolute atomic E-state index is 0.0190. The standard InChI is InChI=1S/C22H36N4O/c1-18(2)16-20(17-19(3)4)23-24-22(27)10-11-25-12-14-26(15-13-25)21-8-6-5-7-9-21/h5-9,18-19H,10-17H2,1-4H3,(H,24,27). The Labute approximate surface area is 164 Å². The summed E-state index contributed by atoms with van der Waals surface area (Å²) in [5, 5.41) is 4.41. The van der Waals surface area contributed by atoms with E-state index in [0.29, 0.717) is 18.3 Å². The monoisotopic (exact) mass is 372 g/mol. The molecule has 1 amide bonds. The first-order valence-corrected chi connectivity index (χ1v) is 10.3. The average molecular weight is 373 g/mol. The lowest BCUT2D eigenvalue weighted by atomic mass is 9.99. The van der Waals surface area contributed by atoms with Crippen LogP contribution in [0.15, 0.2) is 35.4 Å². The summed E-state index contributed by atoms with van der Waals surface area (Å²) < 4.78 is 0. The molecule has 0 bridgehead atoms. The van der Waals surface area contributed by atoms with E-state index in [4.69, 9.17) is 0 Å². The van der Waals surface area contributed by atoms with Crippen molar-refractivity contribution in [3.05, 3.63) is 30.3 Å². The lowest BCUT2D eigenvalue weighted by Crippen LogP contribution is -2.47. The van der Waals surface area contributed by atoms with Crippen LogP contribution in [-0.4, -0.2) is 49.2 Å². The van der Waals surface area contributed by atoms with E-state index in [0.717, 1.165) is 51.3 Å². The van der Waals surface area contributed by atoms with E-state index in [9.17, 15) is 4.79 Å². The molecule has 5 heteroatoms. The van der Waals surface area contributed by atoms with Gasteiger partial charge >= 0.3 is 0 Å². The van der Waals surface area contributed by atoms with Crippen LogP contribution < -0.4 is 10.3 Å². The Balaban J connectivity index is 1.71. The first-order valence-electron chi connectivity index (χ1n) is 10.3. The summed E-state index contributed by atoms with van der Waals surface area (Å²) >= 11 is 0. The Bertz CT molecular complexity index is 578. The predicted molar refractivity (Wildman–Crippen MR) is 114 cm³/mol. The molecule has 1 fully saturated rings. The maximum Gasteiger partial charge on any atom is 0.241 e. The highest BCUT2D eigenvalue weighted by Gasteiger charge is 2.17. The minimum atomic E-state index is 0.0190. The van der Waals surface area contributed by atoms with Crippen LogP contribution >= 0.6 is 0 Å². The second-order valence-corrected chi connectivity index (χ2v) is 8.32. The van der Waals surface area contributed by atoms with E-state index in [2.05, 4.69) is 78.4 Å². The fourth-order valence-electron chi connectivity index (χ4n) is 3.44. The number of amides is 1. The highest BCUT2D eigenvalue weighted by molar-refractivity contribution is 5.86. The molecule has 0 radical (unpaired) electrons. The fraction of sp³-hybridized carbons (Fsp3) is 0.636. The van der Waals surface area contributed by atoms with Gasteiger partial charge in [-0.1, -0.05) is 45.9 Å². The van der Waals surface area contributed by atoms with Crippen molar-refractivity contribution in [3.8, 4) is 0 Å². The van der Waals surface area contributed by atoms with Crippen LogP contribution in [0.2, 0.25) is 0 Å². The lowest BCUT2D eigenvalue weighted by Gasteiger charge is -2.36. The van der Waals surface area contributed by atoms with Crippen molar-refractivity contribution >= 4 is 17.3 Å². The minimum Gasteiger partial charge on any atom is -0.369 e. The molecule has 0 saturated carbocycles. The number of hydrogen-bond donors (Lipinski definition) is 1. The van der Waals surface area contributed by atoms with Gasteiger partial charge in [0.25, 0.3) is 0 Å². The molecular formula is C22H36N4O. The van der Waals surface area contributed by atoms with Gasteiger partial charge in [0.05, 0.1) is 0 Å². The summed E-state index contributed by atoms with van der Waals surface area (Å²) in [7, 11) is 0. The van der Waals surface area contributed by atoms with E-state index in [-0.39, 0.29) is 5.91 Å². The number of rotatable bonds is 9. The molecule has 0 atom stereocenters. The Kier molecular flexibility index (Phi) is 8.79. The summed E-state index contributed by atoms with van der Waals surface area (Å²) in [5.74, 6) is 1.13. The van der Waals surface area contributed by atoms with Gasteiger partial charge in [-0.15, -0.1) is 0 Å². The highest BCUT2D eigenvalue weighted by Crippen LogP contribution is 2.15. The normalized spacial score (nSPS) is 15.3. The van der Waals surface area contributed by atoms with E-state index in [1.165, 1.54) is 5.69 Å². The number of hydrogen-bond acceptors (Lipinski definition) is 4. The SMILES string of the molecule is CC(C)CC(CC(C)C)=NNC(=O)CCN1CCN(c2ccccc2)CC1. The van der Waals surface area contributed by atoms with Gasteiger partial charge in [-0.25, -0.2) is 5.43 Å². The third kappa shape index (κ3) is 8.12. The topological polar surface area (TPSA) is 47.9 Å². The average Bonchev–Trinajstić information content (AvgIpc) is 2.65. The largest absolute Gasteiger partial charge is 0.369 e. The molecule has 1 saturated heterocycles. The molecular weight excluding hydrogens is 336 g/mol. The Morgan fingerprint density at radius 1 is 1.00 bits per heavy atom. The van der Waals surface area contributed by atoms with Crippen molar-refractivity contribution in [1.82, 2.24) is 10.3 Å². The molecule has 1 aromatic carbocycles. The van der Waals surface area contributed by atoms with Gasteiger partial charge in [0.15, 0.2) is 0 Å². The third-order valence-corrected chi connectivity index (χ3v) is 4.78. The van der Waals surface area contributed by atoms with Crippen molar-refractivity contribution < 1.29 is 4.79 Å². The number of nitrogens with zero attached hydrogens (tertiary/aromatic N) is 3. The molecule has 0 unspecified atom stereocenters. The van der Waals surface area contributed by atoms with E-state index < -0.39 is 0 Å². The number of carbonyl (C=O) groups is 1. The van der Waals surface area contributed by atoms with Crippen LogP contribution in [0.4, 0.5) is 5.69 Å². The molecule has 27 heavy (non-hydrogen) atoms. The van der Waals surface area contributed by atoms with Crippen LogP contribution in [0, 0.1) is 11.8 Å². The van der Waals surface area contributed by atoms with Gasteiger partial charge in [-0.3, -0.25) is 9.69 Å². The van der Waals surface area contributed by atoms with Crippen molar-refractivity contribution in [2.75, 3.05) is 37.6 Å². The molecule has 1 aliphatic heterocycles. The third-order valence-electron chi connectivity index (χ3n) is 4.78. The zero-order chi connectivity index (χ0) is 19.6. The Morgan fingerprint density at radius 2 is 1.59 bits per heavy atom. The number of nitrogens with one attached hydrogen (secondary N) is 1. The van der Waals surface area contributed by atoms with E-state index in [1.54, 1.807) is 0 Å². The molecule has 0 aromatic heterocycles. The maximum atomic E-state index is 12.2. The predicted octanol–water partition coefficient (Wildman–Crippen LogP) is 3.76. The van der Waals surface area contributed by atoms with Gasteiger partial charge in [-0.05, 0) is 36.8 Å². The number of hydrazone groups is 1. The molecule has 1 heterocycles. The molecule has 5 nitrogen and oxygen atoms in total. The van der Waals surface area contributed by atoms with Gasteiger partial charge in [0, 0.05) is 50.5 Å². The van der Waals surface area contributed by atoms with Crippen LogP contribution in [0.25, 0.3) is 0 Å². The van der Waals surface area contributed by atoms with Gasteiger partial charge in [0.1, 0.15) is 0 Å². The molecule has 2 rings (SSSR count). The number of para-hydroxylation sites is 1. The number of benzene rings is 1. The lowest BCUT2D eigenvalue weighted by molar-refractivity contribution is -0.121. The smallest absolute Gasteiger partial charge is 0.241 e. The van der Waals surface area contributed by atoms with Gasteiger partial charge in [-0.2, -0.15) is 5.10 Å². The second kappa shape index (κ2) is 11.1. The van der Waals surface area contributed by atoms with E-state index in [1.807, 2.05) is 0 Å². The molecule has 1 aliphatic rings. The first-order chi connectivity index (χ1) is 12.9. The van der Waals surface area contributed by atoms with Crippen LogP contribution in [0.5, 0.6) is 0 Å². The summed E-state index contributed by atoms with van der Waals surface area (Å²) in [6.45, 7) is 13.6. The van der Waals surface area contributed by atoms with Gasteiger partial charge in [0.2, 0.25) is 5.91 Å². The molecule has 150 valence electrons. The van der Waals surface area contributed by atoms with Crippen molar-refractivity contribution in [3.63, 3.8) is 0 Å². The van der Waals surface area contributed by atoms with Crippen molar-refractivity contribution in [2.24, 2.45) is 16.9 Å². The van der Waals surface area contributed by atoms with Crippen molar-refractivity contribution in [2.45, 2.75) is 47.0 Å². The number of anilines is 1. The van der Waals surface area contributed by atoms with Crippen LogP contribution in [0.3, 0.4) is 0 Å². The zero-order valence-electron chi connectivity index (χ0n) is 17.4. The second-order valence-electron chi connectivity index (χ2n) is 8.32. The molecule has 0 spiro atoms. The summed E-state index contributed by atoms with van der Waals surface area (Å²) in [5.41, 5.74) is 5.17. The molecule has 0 aliphatic carbocycles. The number of carbonyl (C=O) groups excluding carboxylic acids is 1. The Hall–Kier alpha value is -1.88. The molecule has 1 N–H and O–H groups in total. The number of piperazine rings is 1. The van der Waals surface area contributed by atoms with Crippen molar-refractivity contribution in [1.29, 1.82) is 0 Å². The fourth-order valence-corrected chi connectivity index (χ4v) is 3.44. The zero-order valence-corrected chi connectivity index (χ0v) is 17.4. The highest BCUT2D eigenvalue weighted by atomic mass is 16.2. The summed E-state index contributed by atoms with van der Waals surface area (Å²) in [6.07, 6.45) is 2.39. The van der Waals surface area contributed by atoms with Crippen LogP contribution in [-0.2, 0) is 4.79 Å². The van der Waals surface area contributed by atoms with Crippen LogP contribution in [0.1, 0.15) is 47.0 Å². The molecule has 1 aromatic rings.